The number of nitrogens with one attached hydrogen (secondary N) is 1. The molecule has 1 saturated heterocycles. The number of aromatic nitrogens is 1. The summed E-state index contributed by atoms with van der Waals surface area (Å²) in [7, 11) is 0. The standard InChI is InChI=1S/C11H15N3O2/c12-11(15)10-6-8(3-5-14-10)16-9-2-1-4-13-7-9/h3,5-6,9,13H,1-2,4,7H2,(H2,12,15). The van der Waals surface area contributed by atoms with Crippen LogP contribution in [-0.4, -0.2) is 30.1 Å². The monoisotopic (exact) mass is 221 g/mol. The number of nitrogens with two attached hydrogens (primary N) is 1. The van der Waals surface area contributed by atoms with Crippen LogP contribution in [-0.2, 0) is 0 Å². The molecule has 0 radical (unpaired) electrons. The van der Waals surface area contributed by atoms with Crippen LogP contribution in [0.2, 0.25) is 0 Å². The lowest BCUT2D eigenvalue weighted by molar-refractivity contribution is 0.0994. The molecule has 0 saturated carbocycles. The van der Waals surface area contributed by atoms with E-state index in [4.69, 9.17) is 10.5 Å². The van der Waals surface area contributed by atoms with Crippen LogP contribution in [0.4, 0.5) is 0 Å². The van der Waals surface area contributed by atoms with Crippen LogP contribution in [0.25, 0.3) is 0 Å². The summed E-state index contributed by atoms with van der Waals surface area (Å²) in [5.41, 5.74) is 5.38. The van der Waals surface area contributed by atoms with Crippen LogP contribution in [0.15, 0.2) is 18.3 Å². The molecule has 2 rings (SSSR count). The smallest absolute Gasteiger partial charge is 0.267 e. The zero-order valence-corrected chi connectivity index (χ0v) is 8.98. The Balaban J connectivity index is 2.02. The van der Waals surface area contributed by atoms with E-state index in [1.165, 1.54) is 6.20 Å². The highest BCUT2D eigenvalue weighted by molar-refractivity contribution is 5.91. The summed E-state index contributed by atoms with van der Waals surface area (Å²) in [5, 5.41) is 3.26. The van der Waals surface area contributed by atoms with E-state index >= 15 is 0 Å². The van der Waals surface area contributed by atoms with Crippen molar-refractivity contribution >= 4 is 5.91 Å². The summed E-state index contributed by atoms with van der Waals surface area (Å²) in [6.07, 6.45) is 3.84. The molecule has 1 aromatic heterocycles. The Morgan fingerprint density at radius 3 is 3.19 bits per heavy atom. The van der Waals surface area contributed by atoms with E-state index in [-0.39, 0.29) is 11.8 Å². The van der Waals surface area contributed by atoms with Gasteiger partial charge in [-0.1, -0.05) is 0 Å². The number of nitrogens with zero attached hydrogens (tertiary/aromatic N) is 1. The van der Waals surface area contributed by atoms with Crippen molar-refractivity contribution in [3.8, 4) is 5.75 Å². The van der Waals surface area contributed by atoms with Gasteiger partial charge in [-0.25, -0.2) is 0 Å². The summed E-state index contributed by atoms with van der Waals surface area (Å²) in [6.45, 7) is 1.89. The van der Waals surface area contributed by atoms with Gasteiger partial charge in [0, 0.05) is 18.8 Å². The molecule has 3 N–H and O–H groups in total. The van der Waals surface area contributed by atoms with E-state index in [2.05, 4.69) is 10.3 Å². The maximum Gasteiger partial charge on any atom is 0.267 e. The maximum absolute atomic E-state index is 10.9. The number of ether oxygens (including phenoxy) is 1. The summed E-state index contributed by atoms with van der Waals surface area (Å²) in [5.74, 6) is 0.115. The topological polar surface area (TPSA) is 77.2 Å². The highest BCUT2D eigenvalue weighted by Crippen LogP contribution is 2.15. The van der Waals surface area contributed by atoms with Gasteiger partial charge in [0.2, 0.25) is 0 Å². The minimum atomic E-state index is -0.535. The van der Waals surface area contributed by atoms with Crippen LogP contribution < -0.4 is 15.8 Å². The first-order valence-corrected chi connectivity index (χ1v) is 5.39. The van der Waals surface area contributed by atoms with Crippen molar-refractivity contribution in [2.45, 2.75) is 18.9 Å². The van der Waals surface area contributed by atoms with Crippen molar-refractivity contribution in [3.05, 3.63) is 24.0 Å². The van der Waals surface area contributed by atoms with Gasteiger partial charge in [-0.15, -0.1) is 0 Å². The number of rotatable bonds is 3. The molecule has 1 aliphatic rings. The van der Waals surface area contributed by atoms with E-state index in [0.717, 1.165) is 25.9 Å². The van der Waals surface area contributed by atoms with Crippen LogP contribution in [0, 0.1) is 0 Å². The molecule has 5 nitrogen and oxygen atoms in total. The van der Waals surface area contributed by atoms with Crippen molar-refractivity contribution in [2.24, 2.45) is 5.73 Å². The second-order valence-corrected chi connectivity index (χ2v) is 3.83. The Morgan fingerprint density at radius 2 is 2.50 bits per heavy atom. The fourth-order valence-corrected chi connectivity index (χ4v) is 1.73. The molecule has 0 aromatic carbocycles. The van der Waals surface area contributed by atoms with Gasteiger partial charge >= 0.3 is 0 Å². The summed E-state index contributed by atoms with van der Waals surface area (Å²) in [6, 6.07) is 3.32. The Kier molecular flexibility index (Phi) is 3.36. The van der Waals surface area contributed by atoms with E-state index in [1.54, 1.807) is 12.1 Å². The minimum Gasteiger partial charge on any atom is -0.489 e. The van der Waals surface area contributed by atoms with Gasteiger partial charge in [-0.2, -0.15) is 0 Å². The lowest BCUT2D eigenvalue weighted by atomic mass is 10.1. The Morgan fingerprint density at radius 1 is 1.62 bits per heavy atom. The highest BCUT2D eigenvalue weighted by Gasteiger charge is 2.14. The van der Waals surface area contributed by atoms with E-state index in [9.17, 15) is 4.79 Å². The zero-order chi connectivity index (χ0) is 11.4. The van der Waals surface area contributed by atoms with Crippen molar-refractivity contribution in [3.63, 3.8) is 0 Å². The van der Waals surface area contributed by atoms with Crippen molar-refractivity contribution in [1.82, 2.24) is 10.3 Å². The molecule has 1 aliphatic heterocycles. The minimum absolute atomic E-state index is 0.164. The molecule has 1 amide bonds. The van der Waals surface area contributed by atoms with Crippen molar-refractivity contribution in [1.29, 1.82) is 0 Å². The number of carbonyl (C=O) groups is 1. The predicted molar refractivity (Wildman–Crippen MR) is 59.3 cm³/mol. The first-order chi connectivity index (χ1) is 7.75. The molecule has 0 spiro atoms. The first-order valence-electron chi connectivity index (χ1n) is 5.39. The number of primary amides is 1. The zero-order valence-electron chi connectivity index (χ0n) is 8.98. The molecule has 1 unspecified atom stereocenters. The molecule has 86 valence electrons. The predicted octanol–water partition coefficient (Wildman–Crippen LogP) is 0.311. The van der Waals surface area contributed by atoms with Gasteiger partial charge in [0.1, 0.15) is 17.5 Å². The lowest BCUT2D eigenvalue weighted by Crippen LogP contribution is -2.37. The third-order valence-corrected chi connectivity index (χ3v) is 2.54. The molecule has 1 atom stereocenters. The van der Waals surface area contributed by atoms with Gasteiger partial charge < -0.3 is 15.8 Å². The highest BCUT2D eigenvalue weighted by atomic mass is 16.5. The number of amides is 1. The van der Waals surface area contributed by atoms with Gasteiger partial charge in [-0.05, 0) is 25.5 Å². The van der Waals surface area contributed by atoms with Gasteiger partial charge in [0.15, 0.2) is 0 Å². The third-order valence-electron chi connectivity index (χ3n) is 2.54. The normalized spacial score (nSPS) is 20.4. The average molecular weight is 221 g/mol. The van der Waals surface area contributed by atoms with E-state index in [0.29, 0.717) is 5.75 Å². The fraction of sp³-hybridized carbons (Fsp3) is 0.455. The molecule has 5 heteroatoms. The molecule has 1 aromatic rings. The number of hydrogen-bond donors (Lipinski definition) is 2. The van der Waals surface area contributed by atoms with Crippen molar-refractivity contribution < 1.29 is 9.53 Å². The fourth-order valence-electron chi connectivity index (χ4n) is 1.73. The largest absolute Gasteiger partial charge is 0.489 e. The molecule has 0 bridgehead atoms. The quantitative estimate of drug-likeness (QED) is 0.770. The SMILES string of the molecule is NC(=O)c1cc(OC2CCCNC2)ccn1. The van der Waals surface area contributed by atoms with Crippen molar-refractivity contribution in [2.75, 3.05) is 13.1 Å². The Bertz CT molecular complexity index is 375. The number of piperidine rings is 1. The summed E-state index contributed by atoms with van der Waals surface area (Å²) in [4.78, 5) is 14.8. The van der Waals surface area contributed by atoms with Crippen LogP contribution in [0.5, 0.6) is 5.75 Å². The molecular weight excluding hydrogens is 206 g/mol. The molecule has 2 heterocycles. The average Bonchev–Trinajstić information content (AvgIpc) is 2.30. The van der Waals surface area contributed by atoms with Gasteiger partial charge in [0.25, 0.3) is 5.91 Å². The lowest BCUT2D eigenvalue weighted by Gasteiger charge is -2.23. The van der Waals surface area contributed by atoms with Gasteiger partial charge in [-0.3, -0.25) is 9.78 Å². The van der Waals surface area contributed by atoms with Crippen LogP contribution in [0.1, 0.15) is 23.3 Å². The molecular formula is C11H15N3O2. The van der Waals surface area contributed by atoms with E-state index < -0.39 is 5.91 Å². The Labute approximate surface area is 94.0 Å². The molecule has 0 aliphatic carbocycles. The summed E-state index contributed by atoms with van der Waals surface area (Å²) >= 11 is 0. The third kappa shape index (κ3) is 2.70. The molecule has 1 fully saturated rings. The maximum atomic E-state index is 10.9. The molecule has 16 heavy (non-hydrogen) atoms. The Hall–Kier alpha value is -1.62. The second-order valence-electron chi connectivity index (χ2n) is 3.83. The number of pyridine rings is 1. The number of hydrogen-bond acceptors (Lipinski definition) is 4. The van der Waals surface area contributed by atoms with E-state index in [1.807, 2.05) is 0 Å². The van der Waals surface area contributed by atoms with Crippen LogP contribution in [0.3, 0.4) is 0 Å². The van der Waals surface area contributed by atoms with Crippen LogP contribution >= 0.6 is 0 Å². The summed E-state index contributed by atoms with van der Waals surface area (Å²) < 4.78 is 5.74. The number of carbonyl (C=O) groups excluding carboxylic acids is 1. The first kappa shape index (κ1) is 10.9. The van der Waals surface area contributed by atoms with Gasteiger partial charge in [0.05, 0.1) is 0 Å². The second kappa shape index (κ2) is 4.94.